The second kappa shape index (κ2) is 5.91. The number of carbonyl (C=O) groups is 1. The number of likely N-dealkylation sites (tertiary alicyclic amines) is 1. The second-order valence-electron chi connectivity index (χ2n) is 8.14. The van der Waals surface area contributed by atoms with Gasteiger partial charge in [0.2, 0.25) is 0 Å². The average molecular weight is 293 g/mol. The standard InChI is InChI=1S/C18H31NO2/c1-13-15-11-14(18(15,2)3)12-16(13)21-17(20)7-10-19-8-5-4-6-9-19/h13-16H,4-12H2,1-3H3/t13-,14+,15-,16-/m1/s1. The molecule has 4 rings (SSSR count). The summed E-state index contributed by atoms with van der Waals surface area (Å²) in [5.74, 6) is 2.07. The minimum atomic E-state index is 0.0246. The van der Waals surface area contributed by atoms with Crippen LogP contribution in [0.1, 0.15) is 59.3 Å². The molecule has 4 aliphatic rings. The van der Waals surface area contributed by atoms with E-state index in [0.29, 0.717) is 17.8 Å². The Balaban J connectivity index is 1.43. The Morgan fingerprint density at radius 2 is 1.90 bits per heavy atom. The minimum Gasteiger partial charge on any atom is -0.462 e. The average Bonchev–Trinajstić information content (AvgIpc) is 2.47. The molecule has 0 N–H and O–H groups in total. The maximum absolute atomic E-state index is 12.1. The van der Waals surface area contributed by atoms with Gasteiger partial charge in [-0.25, -0.2) is 0 Å². The van der Waals surface area contributed by atoms with Crippen molar-refractivity contribution in [3.05, 3.63) is 0 Å². The SMILES string of the molecule is C[C@@H]1[C@H]2C[C@@H](C[C@H]1OC(=O)CCN1CCCCC1)C2(C)C. The van der Waals surface area contributed by atoms with E-state index in [-0.39, 0.29) is 12.1 Å². The fourth-order valence-electron chi connectivity index (χ4n) is 4.92. The monoisotopic (exact) mass is 293 g/mol. The first-order chi connectivity index (χ1) is 9.98. The first-order valence-electron chi connectivity index (χ1n) is 8.90. The molecule has 3 saturated carbocycles. The van der Waals surface area contributed by atoms with Gasteiger partial charge < -0.3 is 9.64 Å². The van der Waals surface area contributed by atoms with Gasteiger partial charge in [-0.3, -0.25) is 4.79 Å². The molecule has 0 aromatic carbocycles. The van der Waals surface area contributed by atoms with E-state index in [9.17, 15) is 4.79 Å². The Morgan fingerprint density at radius 1 is 1.19 bits per heavy atom. The Bertz CT molecular complexity index is 387. The van der Waals surface area contributed by atoms with Gasteiger partial charge in [0.1, 0.15) is 6.10 Å². The summed E-state index contributed by atoms with van der Waals surface area (Å²) in [6.45, 7) is 10.3. The molecular weight excluding hydrogens is 262 g/mol. The van der Waals surface area contributed by atoms with Gasteiger partial charge in [-0.1, -0.05) is 27.2 Å². The molecule has 1 aliphatic heterocycles. The molecular formula is C18H31NO2. The van der Waals surface area contributed by atoms with E-state index in [1.807, 2.05) is 0 Å². The van der Waals surface area contributed by atoms with Crippen LogP contribution in [-0.4, -0.2) is 36.6 Å². The van der Waals surface area contributed by atoms with Gasteiger partial charge in [-0.05, 0) is 61.9 Å². The second-order valence-corrected chi connectivity index (χ2v) is 8.14. The smallest absolute Gasteiger partial charge is 0.307 e. The number of piperidine rings is 1. The van der Waals surface area contributed by atoms with Crippen LogP contribution in [0.2, 0.25) is 0 Å². The molecule has 0 unspecified atom stereocenters. The predicted molar refractivity (Wildman–Crippen MR) is 83.9 cm³/mol. The zero-order chi connectivity index (χ0) is 15.0. The van der Waals surface area contributed by atoms with Crippen molar-refractivity contribution in [3.8, 4) is 0 Å². The Hall–Kier alpha value is -0.570. The lowest BCUT2D eigenvalue weighted by Gasteiger charge is -2.61. The summed E-state index contributed by atoms with van der Waals surface area (Å²) in [5.41, 5.74) is 0.468. The first-order valence-corrected chi connectivity index (χ1v) is 8.90. The molecule has 1 heterocycles. The van der Waals surface area contributed by atoms with Crippen molar-refractivity contribution in [2.24, 2.45) is 23.2 Å². The summed E-state index contributed by atoms with van der Waals surface area (Å²) in [6.07, 6.45) is 7.09. The van der Waals surface area contributed by atoms with E-state index in [4.69, 9.17) is 4.74 Å². The molecule has 120 valence electrons. The van der Waals surface area contributed by atoms with Gasteiger partial charge in [0.05, 0.1) is 6.42 Å². The van der Waals surface area contributed by atoms with Crippen molar-refractivity contribution in [3.63, 3.8) is 0 Å². The fraction of sp³-hybridized carbons (Fsp3) is 0.944. The zero-order valence-electron chi connectivity index (χ0n) is 13.9. The molecule has 3 aliphatic carbocycles. The summed E-state index contributed by atoms with van der Waals surface area (Å²) < 4.78 is 5.82. The molecule has 3 nitrogen and oxygen atoms in total. The van der Waals surface area contributed by atoms with Crippen LogP contribution in [0.25, 0.3) is 0 Å². The Labute approximate surface area is 129 Å². The van der Waals surface area contributed by atoms with E-state index in [0.717, 1.165) is 37.9 Å². The van der Waals surface area contributed by atoms with Crippen molar-refractivity contribution < 1.29 is 9.53 Å². The molecule has 0 spiro atoms. The van der Waals surface area contributed by atoms with E-state index in [1.54, 1.807) is 0 Å². The summed E-state index contributed by atoms with van der Waals surface area (Å²) in [4.78, 5) is 14.5. The lowest BCUT2D eigenvalue weighted by atomic mass is 9.45. The minimum absolute atomic E-state index is 0.0246. The van der Waals surface area contributed by atoms with Crippen LogP contribution in [0.3, 0.4) is 0 Å². The highest BCUT2D eigenvalue weighted by molar-refractivity contribution is 5.69. The third kappa shape index (κ3) is 2.99. The largest absolute Gasteiger partial charge is 0.462 e. The zero-order valence-corrected chi connectivity index (χ0v) is 13.9. The number of ether oxygens (including phenoxy) is 1. The predicted octanol–water partition coefficient (Wildman–Crippen LogP) is 3.48. The molecule has 0 aromatic heterocycles. The van der Waals surface area contributed by atoms with Gasteiger partial charge in [-0.2, -0.15) is 0 Å². The molecule has 4 fully saturated rings. The van der Waals surface area contributed by atoms with Crippen molar-refractivity contribution in [1.82, 2.24) is 4.90 Å². The van der Waals surface area contributed by atoms with Crippen molar-refractivity contribution in [1.29, 1.82) is 0 Å². The van der Waals surface area contributed by atoms with E-state index in [1.165, 1.54) is 25.7 Å². The number of hydrogen-bond donors (Lipinski definition) is 0. The van der Waals surface area contributed by atoms with Gasteiger partial charge in [0, 0.05) is 6.54 Å². The van der Waals surface area contributed by atoms with E-state index in [2.05, 4.69) is 25.7 Å². The van der Waals surface area contributed by atoms with Crippen molar-refractivity contribution in [2.45, 2.75) is 65.4 Å². The van der Waals surface area contributed by atoms with Crippen LogP contribution >= 0.6 is 0 Å². The third-order valence-corrected chi connectivity index (χ3v) is 6.65. The van der Waals surface area contributed by atoms with Crippen LogP contribution in [0.15, 0.2) is 0 Å². The maximum Gasteiger partial charge on any atom is 0.307 e. The number of nitrogens with zero attached hydrogens (tertiary/aromatic N) is 1. The summed E-state index contributed by atoms with van der Waals surface area (Å²) in [6, 6.07) is 0. The quantitative estimate of drug-likeness (QED) is 0.743. The van der Waals surface area contributed by atoms with Gasteiger partial charge in [0.15, 0.2) is 0 Å². The summed E-state index contributed by atoms with van der Waals surface area (Å²) >= 11 is 0. The molecule has 4 atom stereocenters. The Morgan fingerprint density at radius 3 is 2.52 bits per heavy atom. The van der Waals surface area contributed by atoms with Crippen LogP contribution in [-0.2, 0) is 9.53 Å². The van der Waals surface area contributed by atoms with Crippen LogP contribution in [0.5, 0.6) is 0 Å². The molecule has 0 aromatic rings. The van der Waals surface area contributed by atoms with E-state index < -0.39 is 0 Å². The van der Waals surface area contributed by atoms with Crippen molar-refractivity contribution in [2.75, 3.05) is 19.6 Å². The number of hydrogen-bond acceptors (Lipinski definition) is 3. The van der Waals surface area contributed by atoms with Gasteiger partial charge in [0.25, 0.3) is 0 Å². The van der Waals surface area contributed by atoms with E-state index >= 15 is 0 Å². The highest BCUT2D eigenvalue weighted by Gasteiger charge is 2.57. The number of rotatable bonds is 4. The maximum atomic E-state index is 12.1. The lowest BCUT2D eigenvalue weighted by Crippen LogP contribution is -2.57. The highest BCUT2D eigenvalue weighted by atomic mass is 16.5. The summed E-state index contributed by atoms with van der Waals surface area (Å²) in [5, 5.41) is 0. The first kappa shape index (κ1) is 15.3. The summed E-state index contributed by atoms with van der Waals surface area (Å²) in [7, 11) is 0. The lowest BCUT2D eigenvalue weighted by molar-refractivity contribution is -0.186. The molecule has 0 amide bonds. The normalized spacial score (nSPS) is 38.6. The number of carbonyl (C=O) groups excluding carboxylic acids is 1. The molecule has 3 heteroatoms. The highest BCUT2D eigenvalue weighted by Crippen LogP contribution is 2.61. The molecule has 0 radical (unpaired) electrons. The third-order valence-electron chi connectivity index (χ3n) is 6.65. The van der Waals surface area contributed by atoms with Crippen LogP contribution in [0.4, 0.5) is 0 Å². The Kier molecular flexibility index (Phi) is 4.31. The van der Waals surface area contributed by atoms with Gasteiger partial charge >= 0.3 is 5.97 Å². The fourth-order valence-corrected chi connectivity index (χ4v) is 4.92. The van der Waals surface area contributed by atoms with Crippen LogP contribution in [0, 0.1) is 23.2 Å². The molecule has 2 bridgehead atoms. The number of fused-ring (bicyclic) bond motifs is 2. The topological polar surface area (TPSA) is 29.5 Å². The molecule has 1 saturated heterocycles. The van der Waals surface area contributed by atoms with Crippen LogP contribution < -0.4 is 0 Å². The van der Waals surface area contributed by atoms with Gasteiger partial charge in [-0.15, -0.1) is 0 Å². The number of esters is 1. The molecule has 21 heavy (non-hydrogen) atoms. The van der Waals surface area contributed by atoms with Crippen molar-refractivity contribution >= 4 is 5.97 Å².